The second-order valence-corrected chi connectivity index (χ2v) is 5.52. The maximum Gasteiger partial charge on any atom is 0.471 e. The predicted molar refractivity (Wildman–Crippen MR) is 75.4 cm³/mol. The van der Waals surface area contributed by atoms with E-state index in [2.05, 4.69) is 0 Å². The molecule has 0 radical (unpaired) electrons. The number of halogens is 4. The van der Waals surface area contributed by atoms with Crippen LogP contribution in [0, 0.1) is 5.82 Å². The Hall–Kier alpha value is -2.16. The molecule has 1 heterocycles. The summed E-state index contributed by atoms with van der Waals surface area (Å²) in [6.45, 7) is -0.704. The van der Waals surface area contributed by atoms with Gasteiger partial charge in [0.1, 0.15) is 12.4 Å². The van der Waals surface area contributed by atoms with Crippen LogP contribution in [0.2, 0.25) is 0 Å². The molecule has 1 aliphatic heterocycles. The van der Waals surface area contributed by atoms with Gasteiger partial charge in [0.2, 0.25) is 5.91 Å². The van der Waals surface area contributed by atoms with Crippen LogP contribution in [0.5, 0.6) is 0 Å². The highest BCUT2D eigenvalue weighted by Crippen LogP contribution is 2.29. The number of nitrogens with one attached hydrogen (secondary N) is 1. The quantitative estimate of drug-likeness (QED) is 0.806. The minimum atomic E-state index is -5.05. The van der Waals surface area contributed by atoms with Crippen LogP contribution in [0.15, 0.2) is 24.3 Å². The molecular formula is C15H16F4N2O3. The number of nitrogens with zero attached hydrogens (tertiary/aromatic N) is 1. The first kappa shape index (κ1) is 18.2. The summed E-state index contributed by atoms with van der Waals surface area (Å²) in [5.41, 5.74) is 0.569. The van der Waals surface area contributed by atoms with E-state index in [1.165, 1.54) is 29.2 Å². The molecule has 1 aromatic carbocycles. The Kier molecular flexibility index (Phi) is 5.43. The Balaban J connectivity index is 2.22. The van der Waals surface area contributed by atoms with E-state index in [4.69, 9.17) is 5.11 Å². The number of carbonyl (C=O) groups is 2. The first-order valence-electron chi connectivity index (χ1n) is 7.24. The van der Waals surface area contributed by atoms with Crippen molar-refractivity contribution in [1.29, 1.82) is 0 Å². The van der Waals surface area contributed by atoms with Gasteiger partial charge < -0.3 is 15.3 Å². The Labute approximate surface area is 135 Å². The Morgan fingerprint density at radius 1 is 1.25 bits per heavy atom. The van der Waals surface area contributed by atoms with Crippen molar-refractivity contribution >= 4 is 11.8 Å². The number of aliphatic hydroxyl groups is 1. The normalized spacial score (nSPS) is 21.5. The van der Waals surface area contributed by atoms with Gasteiger partial charge in [0.25, 0.3) is 0 Å². The zero-order valence-electron chi connectivity index (χ0n) is 12.5. The van der Waals surface area contributed by atoms with Crippen LogP contribution < -0.4 is 5.32 Å². The molecule has 24 heavy (non-hydrogen) atoms. The van der Waals surface area contributed by atoms with Crippen molar-refractivity contribution in [3.8, 4) is 0 Å². The van der Waals surface area contributed by atoms with Crippen molar-refractivity contribution in [2.75, 3.05) is 19.7 Å². The van der Waals surface area contributed by atoms with Gasteiger partial charge in [-0.05, 0) is 24.1 Å². The van der Waals surface area contributed by atoms with Crippen molar-refractivity contribution < 1.29 is 32.3 Å². The standard InChI is InChI=1S/C15H16F4N2O3/c16-10-3-1-9(2-4-10)11-5-6-21(13(23)8-22)7-12(11)20-14(24)15(17,18)19/h1-4,11-12,22H,5-8H2,(H,20,24)/t11-,12+/m1/s1. The molecule has 2 N–H and O–H groups in total. The van der Waals surface area contributed by atoms with Gasteiger partial charge in [0, 0.05) is 19.0 Å². The predicted octanol–water partition coefficient (Wildman–Crippen LogP) is 1.18. The summed E-state index contributed by atoms with van der Waals surface area (Å²) in [5.74, 6) is -3.71. The van der Waals surface area contributed by atoms with E-state index in [1.54, 1.807) is 0 Å². The topological polar surface area (TPSA) is 69.6 Å². The SMILES string of the molecule is O=C(CO)N1CC[C@H](c2ccc(F)cc2)[C@@H](NC(=O)C(F)(F)F)C1. The number of alkyl halides is 3. The second kappa shape index (κ2) is 7.16. The van der Waals surface area contributed by atoms with Crippen molar-refractivity contribution in [1.82, 2.24) is 10.2 Å². The summed E-state index contributed by atoms with van der Waals surface area (Å²) < 4.78 is 50.6. The third kappa shape index (κ3) is 4.22. The number of likely N-dealkylation sites (tertiary alicyclic amines) is 1. The first-order valence-corrected chi connectivity index (χ1v) is 7.24. The summed E-state index contributed by atoms with van der Waals surface area (Å²) in [6.07, 6.45) is -4.77. The monoisotopic (exact) mass is 348 g/mol. The summed E-state index contributed by atoms with van der Waals surface area (Å²) in [4.78, 5) is 24.0. The lowest BCUT2D eigenvalue weighted by Gasteiger charge is -2.39. The molecule has 0 saturated carbocycles. The highest BCUT2D eigenvalue weighted by Gasteiger charge is 2.42. The fourth-order valence-electron chi connectivity index (χ4n) is 2.78. The smallest absolute Gasteiger partial charge is 0.387 e. The summed E-state index contributed by atoms with van der Waals surface area (Å²) in [5, 5.41) is 10.8. The minimum Gasteiger partial charge on any atom is -0.387 e. The number of amides is 2. The van der Waals surface area contributed by atoms with Crippen LogP contribution >= 0.6 is 0 Å². The molecule has 0 aliphatic carbocycles. The van der Waals surface area contributed by atoms with Crippen molar-refractivity contribution in [3.05, 3.63) is 35.6 Å². The molecule has 2 atom stereocenters. The third-order valence-electron chi connectivity index (χ3n) is 3.97. The van der Waals surface area contributed by atoms with E-state index in [0.717, 1.165) is 0 Å². The van der Waals surface area contributed by atoms with E-state index in [9.17, 15) is 27.2 Å². The largest absolute Gasteiger partial charge is 0.471 e. The highest BCUT2D eigenvalue weighted by molar-refractivity contribution is 5.82. The van der Waals surface area contributed by atoms with Crippen molar-refractivity contribution in [3.63, 3.8) is 0 Å². The summed E-state index contributed by atoms with van der Waals surface area (Å²) in [6, 6.07) is 4.26. The average molecular weight is 348 g/mol. The number of piperidine rings is 1. The van der Waals surface area contributed by atoms with Gasteiger partial charge in [0.05, 0.1) is 6.04 Å². The van der Waals surface area contributed by atoms with Crippen LogP contribution in [-0.4, -0.2) is 53.7 Å². The summed E-state index contributed by atoms with van der Waals surface area (Å²) >= 11 is 0. The molecule has 2 amide bonds. The van der Waals surface area contributed by atoms with E-state index >= 15 is 0 Å². The maximum absolute atomic E-state index is 13.0. The molecule has 0 bridgehead atoms. The van der Waals surface area contributed by atoms with Gasteiger partial charge >= 0.3 is 12.1 Å². The molecule has 9 heteroatoms. The van der Waals surface area contributed by atoms with Gasteiger partial charge in [0.15, 0.2) is 0 Å². The van der Waals surface area contributed by atoms with Gasteiger partial charge in [-0.2, -0.15) is 13.2 Å². The van der Waals surface area contributed by atoms with E-state index in [0.29, 0.717) is 5.56 Å². The van der Waals surface area contributed by atoms with Crippen LogP contribution in [0.25, 0.3) is 0 Å². The molecule has 132 valence electrons. The molecule has 0 spiro atoms. The van der Waals surface area contributed by atoms with Gasteiger partial charge in [-0.1, -0.05) is 12.1 Å². The molecule has 1 aromatic rings. The molecule has 2 rings (SSSR count). The summed E-state index contributed by atoms with van der Waals surface area (Å²) in [7, 11) is 0. The van der Waals surface area contributed by atoms with E-state index < -0.39 is 42.4 Å². The fraction of sp³-hybridized carbons (Fsp3) is 0.467. The van der Waals surface area contributed by atoms with Crippen LogP contribution in [0.4, 0.5) is 17.6 Å². The Bertz CT molecular complexity index is 604. The molecular weight excluding hydrogens is 332 g/mol. The first-order chi connectivity index (χ1) is 11.2. The molecule has 1 saturated heterocycles. The van der Waals surface area contributed by atoms with E-state index in [1.807, 2.05) is 5.32 Å². The zero-order valence-corrected chi connectivity index (χ0v) is 12.5. The third-order valence-corrected chi connectivity index (χ3v) is 3.97. The van der Waals surface area contributed by atoms with Crippen molar-refractivity contribution in [2.45, 2.75) is 24.6 Å². The Morgan fingerprint density at radius 2 is 1.88 bits per heavy atom. The number of carbonyl (C=O) groups excluding carboxylic acids is 2. The van der Waals surface area contributed by atoms with Crippen LogP contribution in [-0.2, 0) is 9.59 Å². The lowest BCUT2D eigenvalue weighted by Crippen LogP contribution is -2.55. The lowest BCUT2D eigenvalue weighted by molar-refractivity contribution is -0.175. The van der Waals surface area contributed by atoms with Crippen LogP contribution in [0.1, 0.15) is 17.9 Å². The number of aliphatic hydroxyl groups excluding tert-OH is 1. The van der Waals surface area contributed by atoms with Gasteiger partial charge in [-0.25, -0.2) is 4.39 Å². The Morgan fingerprint density at radius 3 is 2.42 bits per heavy atom. The zero-order chi connectivity index (χ0) is 17.9. The number of rotatable bonds is 3. The lowest BCUT2D eigenvalue weighted by atomic mass is 9.85. The second-order valence-electron chi connectivity index (χ2n) is 5.52. The number of benzene rings is 1. The molecule has 0 aromatic heterocycles. The number of hydrogen-bond acceptors (Lipinski definition) is 3. The van der Waals surface area contributed by atoms with Gasteiger partial charge in [-0.15, -0.1) is 0 Å². The fourth-order valence-corrected chi connectivity index (χ4v) is 2.78. The molecule has 5 nitrogen and oxygen atoms in total. The minimum absolute atomic E-state index is 0.163. The van der Waals surface area contributed by atoms with Crippen molar-refractivity contribution in [2.24, 2.45) is 0 Å². The van der Waals surface area contributed by atoms with E-state index in [-0.39, 0.29) is 19.5 Å². The highest BCUT2D eigenvalue weighted by atomic mass is 19.4. The number of hydrogen-bond donors (Lipinski definition) is 2. The van der Waals surface area contributed by atoms with Crippen LogP contribution in [0.3, 0.4) is 0 Å². The molecule has 1 fully saturated rings. The molecule has 0 unspecified atom stereocenters. The maximum atomic E-state index is 13.0. The van der Waals surface area contributed by atoms with Gasteiger partial charge in [-0.3, -0.25) is 9.59 Å². The molecule has 1 aliphatic rings. The average Bonchev–Trinajstić information content (AvgIpc) is 2.54.